The van der Waals surface area contributed by atoms with Crippen molar-refractivity contribution in [1.29, 1.82) is 0 Å². The smallest absolute Gasteiger partial charge is 0.303 e. The van der Waals surface area contributed by atoms with Gasteiger partial charge in [-0.2, -0.15) is 0 Å². The Morgan fingerprint density at radius 2 is 2.45 bits per heavy atom. The van der Waals surface area contributed by atoms with Crippen molar-refractivity contribution in [3.63, 3.8) is 0 Å². The van der Waals surface area contributed by atoms with E-state index in [2.05, 4.69) is 0 Å². The van der Waals surface area contributed by atoms with Gasteiger partial charge >= 0.3 is 5.97 Å². The molecule has 0 heterocycles. The van der Waals surface area contributed by atoms with Crippen LogP contribution in [0.15, 0.2) is 12.2 Å². The molecule has 3 heteroatoms. The Morgan fingerprint density at radius 1 is 1.73 bits per heavy atom. The quantitative estimate of drug-likeness (QED) is 0.525. The summed E-state index contributed by atoms with van der Waals surface area (Å²) >= 11 is 0. The van der Waals surface area contributed by atoms with Crippen molar-refractivity contribution in [2.75, 3.05) is 0 Å². The minimum Gasteiger partial charge on any atom is -0.454 e. The van der Waals surface area contributed by atoms with Crippen molar-refractivity contribution in [1.82, 2.24) is 0 Å². The van der Waals surface area contributed by atoms with Gasteiger partial charge in [-0.3, -0.25) is 9.59 Å². The molecule has 0 aromatic heterocycles. The topological polar surface area (TPSA) is 43.4 Å². The number of ether oxygens (including phenoxy) is 1. The molecule has 0 aliphatic heterocycles. The van der Waals surface area contributed by atoms with Crippen LogP contribution in [0.5, 0.6) is 0 Å². The number of allylic oxidation sites excluding steroid dienone is 1. The molecule has 1 aliphatic carbocycles. The molecule has 0 radical (unpaired) electrons. The number of hydrogen-bond acceptors (Lipinski definition) is 3. The Kier molecular flexibility index (Phi) is 2.41. The third-order valence-electron chi connectivity index (χ3n) is 1.50. The third-order valence-corrected chi connectivity index (χ3v) is 1.50. The molecular formula is C8H10O3. The van der Waals surface area contributed by atoms with Crippen LogP contribution in [0.1, 0.15) is 19.8 Å². The van der Waals surface area contributed by atoms with Crippen LogP contribution in [-0.4, -0.2) is 17.9 Å². The molecule has 1 rings (SSSR count). The van der Waals surface area contributed by atoms with Crippen molar-refractivity contribution in [2.24, 2.45) is 0 Å². The highest BCUT2D eigenvalue weighted by atomic mass is 16.5. The van der Waals surface area contributed by atoms with Crippen LogP contribution >= 0.6 is 0 Å². The van der Waals surface area contributed by atoms with Gasteiger partial charge in [-0.1, -0.05) is 6.08 Å². The highest BCUT2D eigenvalue weighted by molar-refractivity contribution is 5.95. The summed E-state index contributed by atoms with van der Waals surface area (Å²) in [5.41, 5.74) is 0. The summed E-state index contributed by atoms with van der Waals surface area (Å²) in [4.78, 5) is 21.4. The summed E-state index contributed by atoms with van der Waals surface area (Å²) < 4.78 is 4.76. The van der Waals surface area contributed by atoms with Gasteiger partial charge in [-0.05, 0) is 18.9 Å². The fourth-order valence-corrected chi connectivity index (χ4v) is 1.01. The molecule has 11 heavy (non-hydrogen) atoms. The lowest BCUT2D eigenvalue weighted by molar-refractivity contribution is -0.152. The fourth-order valence-electron chi connectivity index (χ4n) is 1.01. The van der Waals surface area contributed by atoms with E-state index < -0.39 is 12.1 Å². The third kappa shape index (κ3) is 2.18. The van der Waals surface area contributed by atoms with Crippen molar-refractivity contribution in [3.8, 4) is 0 Å². The van der Waals surface area contributed by atoms with E-state index in [0.717, 1.165) is 6.42 Å². The first-order valence-electron chi connectivity index (χ1n) is 3.58. The van der Waals surface area contributed by atoms with Crippen LogP contribution < -0.4 is 0 Å². The fraction of sp³-hybridized carbons (Fsp3) is 0.500. The van der Waals surface area contributed by atoms with Crippen molar-refractivity contribution in [3.05, 3.63) is 12.2 Å². The van der Waals surface area contributed by atoms with Gasteiger partial charge in [0.1, 0.15) is 0 Å². The first kappa shape index (κ1) is 7.98. The number of esters is 1. The van der Waals surface area contributed by atoms with Gasteiger partial charge in [-0.15, -0.1) is 0 Å². The predicted molar refractivity (Wildman–Crippen MR) is 38.9 cm³/mol. The Morgan fingerprint density at radius 3 is 3.00 bits per heavy atom. The Bertz CT molecular complexity index is 205. The van der Waals surface area contributed by atoms with E-state index in [0.29, 0.717) is 6.42 Å². The lowest BCUT2D eigenvalue weighted by Gasteiger charge is -2.15. The molecule has 0 saturated heterocycles. The summed E-state index contributed by atoms with van der Waals surface area (Å²) in [6.07, 6.45) is 4.16. The van der Waals surface area contributed by atoms with E-state index in [-0.39, 0.29) is 5.78 Å². The largest absolute Gasteiger partial charge is 0.454 e. The molecule has 0 saturated carbocycles. The zero-order valence-corrected chi connectivity index (χ0v) is 6.37. The molecule has 0 fully saturated rings. The van der Waals surface area contributed by atoms with Crippen LogP contribution in [0.2, 0.25) is 0 Å². The van der Waals surface area contributed by atoms with E-state index in [1.54, 1.807) is 6.08 Å². The van der Waals surface area contributed by atoms with Crippen molar-refractivity contribution in [2.45, 2.75) is 25.9 Å². The number of hydrogen-bond donors (Lipinski definition) is 0. The van der Waals surface area contributed by atoms with Crippen LogP contribution in [-0.2, 0) is 14.3 Å². The minimum atomic E-state index is -0.530. The highest BCUT2D eigenvalue weighted by Gasteiger charge is 2.20. The highest BCUT2D eigenvalue weighted by Crippen LogP contribution is 2.11. The number of rotatable bonds is 1. The maximum Gasteiger partial charge on any atom is 0.303 e. The van der Waals surface area contributed by atoms with Gasteiger partial charge in [0.15, 0.2) is 11.9 Å². The summed E-state index contributed by atoms with van der Waals surface area (Å²) in [6, 6.07) is 0. The number of carbonyl (C=O) groups is 2. The predicted octanol–water partition coefficient (Wildman–Crippen LogP) is 0.837. The molecule has 60 valence electrons. The van der Waals surface area contributed by atoms with Crippen molar-refractivity contribution >= 4 is 11.8 Å². The second-order valence-electron chi connectivity index (χ2n) is 2.48. The number of ketones is 1. The summed E-state index contributed by atoms with van der Waals surface area (Å²) in [7, 11) is 0. The maximum atomic E-state index is 11.0. The second-order valence-corrected chi connectivity index (χ2v) is 2.48. The van der Waals surface area contributed by atoms with Gasteiger partial charge < -0.3 is 4.74 Å². The standard InChI is InChI=1S/C8H10O3/c1-6(9)11-8-5-3-2-4-7(8)10/h2,4,8H,3,5H2,1H3/t8-/m0/s1. The Labute approximate surface area is 65.0 Å². The monoisotopic (exact) mass is 154 g/mol. The first-order valence-corrected chi connectivity index (χ1v) is 3.58. The van der Waals surface area contributed by atoms with E-state index in [9.17, 15) is 9.59 Å². The molecule has 0 aromatic rings. The zero-order chi connectivity index (χ0) is 8.27. The Hall–Kier alpha value is -1.12. The lowest BCUT2D eigenvalue weighted by atomic mass is 10.0. The van der Waals surface area contributed by atoms with E-state index in [4.69, 9.17) is 4.74 Å². The zero-order valence-electron chi connectivity index (χ0n) is 6.37. The van der Waals surface area contributed by atoms with Crippen LogP contribution in [0.3, 0.4) is 0 Å². The van der Waals surface area contributed by atoms with Gasteiger partial charge in [0.25, 0.3) is 0 Å². The molecule has 0 aromatic carbocycles. The summed E-state index contributed by atoms with van der Waals surface area (Å²) in [5, 5.41) is 0. The van der Waals surface area contributed by atoms with Crippen LogP contribution in [0, 0.1) is 0 Å². The molecular weight excluding hydrogens is 144 g/mol. The van der Waals surface area contributed by atoms with E-state index in [1.807, 2.05) is 0 Å². The number of carbonyl (C=O) groups excluding carboxylic acids is 2. The average molecular weight is 154 g/mol. The SMILES string of the molecule is CC(=O)O[C@H]1CCC=CC1=O. The van der Waals surface area contributed by atoms with Gasteiger partial charge in [0.05, 0.1) is 0 Å². The molecule has 0 unspecified atom stereocenters. The Balaban J connectivity index is 2.52. The normalized spacial score (nSPS) is 23.4. The van der Waals surface area contributed by atoms with E-state index >= 15 is 0 Å². The van der Waals surface area contributed by atoms with Gasteiger partial charge in [-0.25, -0.2) is 0 Å². The molecule has 0 N–H and O–H groups in total. The van der Waals surface area contributed by atoms with Gasteiger partial charge in [0.2, 0.25) is 0 Å². The summed E-state index contributed by atoms with van der Waals surface area (Å²) in [6.45, 7) is 1.31. The average Bonchev–Trinajstić information content (AvgIpc) is 1.93. The minimum absolute atomic E-state index is 0.105. The van der Waals surface area contributed by atoms with Crippen molar-refractivity contribution < 1.29 is 14.3 Å². The lowest BCUT2D eigenvalue weighted by Crippen LogP contribution is -2.26. The summed E-state index contributed by atoms with van der Waals surface area (Å²) in [5.74, 6) is -0.495. The maximum absolute atomic E-state index is 11.0. The molecule has 0 amide bonds. The first-order chi connectivity index (χ1) is 5.20. The van der Waals surface area contributed by atoms with Gasteiger partial charge in [0, 0.05) is 6.92 Å². The molecule has 1 aliphatic rings. The molecule has 3 nitrogen and oxygen atoms in total. The molecule has 1 atom stereocenters. The molecule has 0 spiro atoms. The molecule has 0 bridgehead atoms. The second kappa shape index (κ2) is 3.32. The van der Waals surface area contributed by atoms with Crippen LogP contribution in [0.4, 0.5) is 0 Å². The van der Waals surface area contributed by atoms with E-state index in [1.165, 1.54) is 13.0 Å². The van der Waals surface area contributed by atoms with Crippen LogP contribution in [0.25, 0.3) is 0 Å².